The normalized spacial score (nSPS) is 18.7. The van der Waals surface area contributed by atoms with Gasteiger partial charge in [-0.2, -0.15) is 0 Å². The van der Waals surface area contributed by atoms with Crippen LogP contribution in [0.4, 0.5) is 4.79 Å². The maximum atomic E-state index is 9.26. The molecule has 0 aromatic rings. The second-order valence-corrected chi connectivity index (χ2v) is 5.86. The number of hydrogen-bond donors (Lipinski definition) is 3. The molecule has 0 atom stereocenters. The summed E-state index contributed by atoms with van der Waals surface area (Å²) in [4.78, 5) is 9.26. The highest BCUT2D eigenvalue weighted by atomic mass is 32.2. The standard InChI is InChI=1S/C5H9NOS2.C2H5NO2/c1-5(4-6-7)8-2-3-9-5;1-3-2(4)5/h4,7H,2-3H2,1H3;3H,1H3,(H,4,5). The molecule has 1 amide bonds. The van der Waals surface area contributed by atoms with E-state index in [2.05, 4.69) is 12.1 Å². The Labute approximate surface area is 91.3 Å². The van der Waals surface area contributed by atoms with Gasteiger partial charge in [0.15, 0.2) is 0 Å². The van der Waals surface area contributed by atoms with Gasteiger partial charge in [0.2, 0.25) is 0 Å². The SMILES string of the molecule is CC1(C=NO)SCCS1.CNC(=O)O. The van der Waals surface area contributed by atoms with E-state index in [1.807, 2.05) is 28.8 Å². The molecule has 1 aliphatic rings. The minimum atomic E-state index is -0.995. The Balaban J connectivity index is 0.000000292. The van der Waals surface area contributed by atoms with E-state index in [-0.39, 0.29) is 4.08 Å². The number of thioether (sulfide) groups is 2. The molecule has 0 aromatic carbocycles. The van der Waals surface area contributed by atoms with Gasteiger partial charge in [-0.05, 0) is 6.92 Å². The molecule has 82 valence electrons. The number of oxime groups is 1. The smallest absolute Gasteiger partial charge is 0.404 e. The summed E-state index contributed by atoms with van der Waals surface area (Å²) in [6, 6.07) is 0. The fraction of sp³-hybridized carbons (Fsp3) is 0.714. The summed E-state index contributed by atoms with van der Waals surface area (Å²) < 4.78 is 0.0365. The van der Waals surface area contributed by atoms with E-state index in [1.165, 1.54) is 7.05 Å². The number of carbonyl (C=O) groups is 1. The molecular weight excluding hydrogens is 224 g/mol. The van der Waals surface area contributed by atoms with E-state index >= 15 is 0 Å². The summed E-state index contributed by atoms with van der Waals surface area (Å²) in [5.41, 5.74) is 0. The molecule has 0 unspecified atom stereocenters. The first-order valence-electron chi connectivity index (χ1n) is 3.91. The highest BCUT2D eigenvalue weighted by Crippen LogP contribution is 2.41. The summed E-state index contributed by atoms with van der Waals surface area (Å²) in [5.74, 6) is 2.32. The number of nitrogens with one attached hydrogen (secondary N) is 1. The van der Waals surface area contributed by atoms with Crippen molar-refractivity contribution in [3.05, 3.63) is 0 Å². The van der Waals surface area contributed by atoms with Crippen molar-refractivity contribution in [3.8, 4) is 0 Å². The summed E-state index contributed by atoms with van der Waals surface area (Å²) >= 11 is 3.65. The van der Waals surface area contributed by atoms with Crippen LogP contribution in [-0.2, 0) is 0 Å². The third-order valence-corrected chi connectivity index (χ3v) is 4.51. The molecule has 0 aromatic heterocycles. The van der Waals surface area contributed by atoms with E-state index in [9.17, 15) is 4.79 Å². The molecule has 1 heterocycles. The van der Waals surface area contributed by atoms with Crippen LogP contribution in [0, 0.1) is 0 Å². The molecule has 0 radical (unpaired) electrons. The van der Waals surface area contributed by atoms with Crippen LogP contribution in [-0.4, -0.2) is 45.3 Å². The van der Waals surface area contributed by atoms with Crippen molar-refractivity contribution in [1.82, 2.24) is 5.32 Å². The minimum Gasteiger partial charge on any atom is -0.465 e. The van der Waals surface area contributed by atoms with Gasteiger partial charge < -0.3 is 15.6 Å². The van der Waals surface area contributed by atoms with Crippen LogP contribution in [0.5, 0.6) is 0 Å². The van der Waals surface area contributed by atoms with E-state index in [1.54, 1.807) is 6.21 Å². The van der Waals surface area contributed by atoms with E-state index in [0.717, 1.165) is 11.5 Å². The van der Waals surface area contributed by atoms with Crippen molar-refractivity contribution in [1.29, 1.82) is 0 Å². The van der Waals surface area contributed by atoms with Crippen LogP contribution < -0.4 is 5.32 Å². The lowest BCUT2D eigenvalue weighted by Gasteiger charge is -2.12. The fourth-order valence-corrected chi connectivity index (χ4v) is 3.26. The molecule has 7 heteroatoms. The average molecular weight is 238 g/mol. The van der Waals surface area contributed by atoms with E-state index < -0.39 is 6.09 Å². The molecule has 3 N–H and O–H groups in total. The lowest BCUT2D eigenvalue weighted by Crippen LogP contribution is -2.13. The molecule has 0 saturated carbocycles. The van der Waals surface area contributed by atoms with Gasteiger partial charge >= 0.3 is 6.09 Å². The molecule has 1 fully saturated rings. The Morgan fingerprint density at radius 1 is 1.57 bits per heavy atom. The predicted octanol–water partition coefficient (Wildman–Crippen LogP) is 1.53. The number of carboxylic acid groups (broad SMARTS) is 1. The first kappa shape index (κ1) is 13.4. The molecular formula is C7H14N2O3S2. The summed E-state index contributed by atoms with van der Waals surface area (Å²) in [7, 11) is 1.35. The summed E-state index contributed by atoms with van der Waals surface area (Å²) in [5, 5.41) is 20.8. The largest absolute Gasteiger partial charge is 0.465 e. The Morgan fingerprint density at radius 3 is 2.29 bits per heavy atom. The number of rotatable bonds is 1. The molecule has 1 rings (SSSR count). The minimum absolute atomic E-state index is 0.0365. The number of amides is 1. The first-order chi connectivity index (χ1) is 6.54. The molecule has 1 saturated heterocycles. The Bertz CT molecular complexity index is 205. The highest BCUT2D eigenvalue weighted by Gasteiger charge is 2.28. The van der Waals surface area contributed by atoms with Crippen molar-refractivity contribution >= 4 is 35.8 Å². The van der Waals surface area contributed by atoms with Gasteiger partial charge in [0.05, 0.1) is 10.3 Å². The topological polar surface area (TPSA) is 81.9 Å². The first-order valence-corrected chi connectivity index (χ1v) is 5.88. The Morgan fingerprint density at radius 2 is 2.00 bits per heavy atom. The van der Waals surface area contributed by atoms with Crippen molar-refractivity contribution in [2.75, 3.05) is 18.6 Å². The fourth-order valence-electron chi connectivity index (χ4n) is 0.710. The van der Waals surface area contributed by atoms with Crippen molar-refractivity contribution in [3.63, 3.8) is 0 Å². The van der Waals surface area contributed by atoms with Crippen LogP contribution in [0.25, 0.3) is 0 Å². The zero-order valence-electron chi connectivity index (χ0n) is 8.06. The van der Waals surface area contributed by atoms with Gasteiger partial charge in [-0.3, -0.25) is 0 Å². The molecule has 5 nitrogen and oxygen atoms in total. The zero-order valence-corrected chi connectivity index (χ0v) is 9.69. The molecule has 0 spiro atoms. The molecule has 0 bridgehead atoms. The number of hydrogen-bond acceptors (Lipinski definition) is 5. The van der Waals surface area contributed by atoms with Gasteiger partial charge in [0.1, 0.15) is 0 Å². The maximum absolute atomic E-state index is 9.26. The quantitative estimate of drug-likeness (QED) is 0.366. The van der Waals surface area contributed by atoms with Crippen molar-refractivity contribution < 1.29 is 15.1 Å². The number of nitrogens with zero attached hydrogens (tertiary/aromatic N) is 1. The molecule has 0 aliphatic carbocycles. The highest BCUT2D eigenvalue weighted by molar-refractivity contribution is 8.22. The Kier molecular flexibility index (Phi) is 6.56. The van der Waals surface area contributed by atoms with Gasteiger partial charge in [-0.25, -0.2) is 4.79 Å². The van der Waals surface area contributed by atoms with Crippen molar-refractivity contribution in [2.45, 2.75) is 11.0 Å². The van der Waals surface area contributed by atoms with Crippen LogP contribution >= 0.6 is 23.5 Å². The van der Waals surface area contributed by atoms with Gasteiger partial charge in [0, 0.05) is 18.6 Å². The van der Waals surface area contributed by atoms with Crippen molar-refractivity contribution in [2.24, 2.45) is 5.16 Å². The van der Waals surface area contributed by atoms with Crippen LogP contribution in [0.2, 0.25) is 0 Å². The average Bonchev–Trinajstić information content (AvgIpc) is 2.54. The maximum Gasteiger partial charge on any atom is 0.404 e. The summed E-state index contributed by atoms with van der Waals surface area (Å²) in [6.07, 6.45) is 0.597. The summed E-state index contributed by atoms with van der Waals surface area (Å²) in [6.45, 7) is 2.06. The van der Waals surface area contributed by atoms with E-state index in [4.69, 9.17) is 10.3 Å². The Hall–Kier alpha value is -0.560. The second kappa shape index (κ2) is 6.83. The van der Waals surface area contributed by atoms with E-state index in [0.29, 0.717) is 0 Å². The molecule has 1 aliphatic heterocycles. The lowest BCUT2D eigenvalue weighted by atomic mass is 10.5. The second-order valence-electron chi connectivity index (χ2n) is 2.51. The zero-order chi connectivity index (χ0) is 11.0. The van der Waals surface area contributed by atoms with Crippen LogP contribution in [0.15, 0.2) is 5.16 Å². The third kappa shape index (κ3) is 5.98. The molecule has 14 heavy (non-hydrogen) atoms. The third-order valence-electron chi connectivity index (χ3n) is 1.37. The van der Waals surface area contributed by atoms with Gasteiger partial charge in [0.25, 0.3) is 0 Å². The monoisotopic (exact) mass is 238 g/mol. The van der Waals surface area contributed by atoms with Gasteiger partial charge in [-0.15, -0.1) is 23.5 Å². The van der Waals surface area contributed by atoms with Crippen LogP contribution in [0.3, 0.4) is 0 Å². The lowest BCUT2D eigenvalue weighted by molar-refractivity contribution is 0.197. The van der Waals surface area contributed by atoms with Gasteiger partial charge in [-0.1, -0.05) is 5.16 Å². The van der Waals surface area contributed by atoms with Crippen LogP contribution in [0.1, 0.15) is 6.92 Å². The predicted molar refractivity (Wildman–Crippen MR) is 60.7 cm³/mol.